The van der Waals surface area contributed by atoms with Gasteiger partial charge in [0.15, 0.2) is 0 Å². The van der Waals surface area contributed by atoms with Gasteiger partial charge in [-0.3, -0.25) is 24.6 Å². The molecule has 1 saturated heterocycles. The number of carbonyl (C=O) groups excluding carboxylic acids is 2. The van der Waals surface area contributed by atoms with Crippen molar-refractivity contribution in [2.45, 2.75) is 24.6 Å². The fourth-order valence-corrected chi connectivity index (χ4v) is 2.35. The van der Waals surface area contributed by atoms with E-state index in [0.717, 1.165) is 11.3 Å². The summed E-state index contributed by atoms with van der Waals surface area (Å²) >= 11 is 5.93. The summed E-state index contributed by atoms with van der Waals surface area (Å²) in [6, 6.07) is 5.19. The van der Waals surface area contributed by atoms with Crippen molar-refractivity contribution < 1.29 is 14.5 Å². The van der Waals surface area contributed by atoms with Crippen LogP contribution in [0.2, 0.25) is 0 Å². The Bertz CT molecular complexity index is 544. The van der Waals surface area contributed by atoms with E-state index >= 15 is 0 Å². The lowest BCUT2D eigenvalue weighted by molar-refractivity contribution is -0.384. The number of benzene rings is 1. The lowest BCUT2D eigenvalue weighted by atomic mass is 10.1. The minimum absolute atomic E-state index is 0.0982. The molecule has 1 heterocycles. The zero-order chi connectivity index (χ0) is 14.7. The van der Waals surface area contributed by atoms with Crippen LogP contribution in [0.1, 0.15) is 29.6 Å². The second-order valence-corrected chi connectivity index (χ2v) is 5.09. The quantitative estimate of drug-likeness (QED) is 0.363. The van der Waals surface area contributed by atoms with E-state index in [2.05, 4.69) is 0 Å². The maximum absolute atomic E-state index is 12.3. The molecule has 1 atom stereocenters. The summed E-state index contributed by atoms with van der Waals surface area (Å²) in [6.07, 6.45) is 2.07. The normalized spacial score (nSPS) is 19.6. The molecule has 2 rings (SSSR count). The first-order valence-corrected chi connectivity index (χ1v) is 6.68. The highest BCUT2D eigenvalue weighted by Gasteiger charge is 2.30. The number of rotatable bonds is 2. The summed E-state index contributed by atoms with van der Waals surface area (Å²) in [4.78, 5) is 35.4. The van der Waals surface area contributed by atoms with Crippen molar-refractivity contribution >= 4 is 29.1 Å². The summed E-state index contributed by atoms with van der Waals surface area (Å²) in [5, 5.41) is 9.88. The Morgan fingerprint density at radius 1 is 1.30 bits per heavy atom. The molecule has 0 aromatic heterocycles. The Morgan fingerprint density at radius 2 is 1.95 bits per heavy atom. The molecule has 1 fully saturated rings. The molecule has 1 aliphatic heterocycles. The molecule has 20 heavy (non-hydrogen) atoms. The van der Waals surface area contributed by atoms with Crippen LogP contribution in [-0.2, 0) is 4.79 Å². The minimum Gasteiger partial charge on any atom is -0.277 e. The van der Waals surface area contributed by atoms with Gasteiger partial charge in [0.25, 0.3) is 11.6 Å². The highest BCUT2D eigenvalue weighted by Crippen LogP contribution is 2.20. The first-order valence-electron chi connectivity index (χ1n) is 6.25. The molecule has 2 amide bonds. The van der Waals surface area contributed by atoms with Crippen LogP contribution in [0, 0.1) is 10.1 Å². The van der Waals surface area contributed by atoms with E-state index in [1.807, 2.05) is 0 Å². The summed E-state index contributed by atoms with van der Waals surface area (Å²) in [5.74, 6) is -0.857. The van der Waals surface area contributed by atoms with E-state index < -0.39 is 22.1 Å². The average molecular weight is 297 g/mol. The third-order valence-corrected chi connectivity index (χ3v) is 3.60. The Morgan fingerprint density at radius 3 is 2.55 bits per heavy atom. The van der Waals surface area contributed by atoms with Gasteiger partial charge in [0.2, 0.25) is 5.91 Å². The monoisotopic (exact) mass is 296 g/mol. The third kappa shape index (κ3) is 2.96. The number of hydrogen-bond acceptors (Lipinski definition) is 4. The van der Waals surface area contributed by atoms with Crippen LogP contribution in [0.4, 0.5) is 5.69 Å². The van der Waals surface area contributed by atoms with Crippen molar-refractivity contribution in [2.24, 2.45) is 0 Å². The average Bonchev–Trinajstić information content (AvgIpc) is 2.61. The smallest absolute Gasteiger partial charge is 0.269 e. The SMILES string of the molecule is O=C(c1ccc([N+](=O)[O-])cc1)N1CCCCC(Cl)C1=O. The topological polar surface area (TPSA) is 80.5 Å². The molecular formula is C13H13ClN2O4. The highest BCUT2D eigenvalue weighted by molar-refractivity contribution is 6.32. The number of carbonyl (C=O) groups is 2. The second-order valence-electron chi connectivity index (χ2n) is 4.56. The Hall–Kier alpha value is -1.95. The number of alkyl halides is 1. The molecule has 6 nitrogen and oxygen atoms in total. The molecule has 0 aliphatic carbocycles. The van der Waals surface area contributed by atoms with E-state index in [1.165, 1.54) is 24.3 Å². The lowest BCUT2D eigenvalue weighted by Gasteiger charge is -2.20. The summed E-state index contributed by atoms with van der Waals surface area (Å²) in [6.45, 7) is 0.331. The molecule has 0 N–H and O–H groups in total. The van der Waals surface area contributed by atoms with Crippen molar-refractivity contribution in [3.05, 3.63) is 39.9 Å². The molecular weight excluding hydrogens is 284 g/mol. The van der Waals surface area contributed by atoms with E-state index in [-0.39, 0.29) is 11.3 Å². The van der Waals surface area contributed by atoms with Gasteiger partial charge in [0.1, 0.15) is 5.38 Å². The number of hydrogen-bond donors (Lipinski definition) is 0. The first kappa shape index (κ1) is 14.5. The lowest BCUT2D eigenvalue weighted by Crippen LogP contribution is -2.40. The van der Waals surface area contributed by atoms with Gasteiger partial charge in [-0.05, 0) is 31.4 Å². The number of nitro groups is 1. The van der Waals surface area contributed by atoms with Gasteiger partial charge in [0.05, 0.1) is 4.92 Å². The molecule has 1 aromatic rings. The fourth-order valence-electron chi connectivity index (χ4n) is 2.08. The van der Waals surface area contributed by atoms with Gasteiger partial charge in [-0.25, -0.2) is 0 Å². The summed E-state index contributed by atoms with van der Waals surface area (Å²) in [5.41, 5.74) is 0.147. The Balaban J connectivity index is 2.21. The fraction of sp³-hybridized carbons (Fsp3) is 0.385. The van der Waals surface area contributed by atoms with E-state index in [1.54, 1.807) is 0 Å². The molecule has 7 heteroatoms. The molecule has 0 saturated carbocycles. The zero-order valence-electron chi connectivity index (χ0n) is 10.6. The van der Waals surface area contributed by atoms with Gasteiger partial charge in [-0.1, -0.05) is 0 Å². The molecule has 1 aliphatic rings. The Labute approximate surface area is 120 Å². The van der Waals surface area contributed by atoms with Crippen LogP contribution < -0.4 is 0 Å². The number of halogens is 1. The molecule has 0 bridgehead atoms. The summed E-state index contributed by atoms with van der Waals surface area (Å²) < 4.78 is 0. The van der Waals surface area contributed by atoms with Crippen molar-refractivity contribution in [1.82, 2.24) is 4.90 Å². The van der Waals surface area contributed by atoms with Crippen molar-refractivity contribution in [3.8, 4) is 0 Å². The molecule has 106 valence electrons. The minimum atomic E-state index is -0.681. The Kier molecular flexibility index (Phi) is 4.34. The van der Waals surface area contributed by atoms with Crippen molar-refractivity contribution in [2.75, 3.05) is 6.54 Å². The highest BCUT2D eigenvalue weighted by atomic mass is 35.5. The molecule has 1 aromatic carbocycles. The van der Waals surface area contributed by atoms with Crippen LogP contribution in [0.3, 0.4) is 0 Å². The number of likely N-dealkylation sites (tertiary alicyclic amines) is 1. The molecule has 1 unspecified atom stereocenters. The van der Waals surface area contributed by atoms with Crippen molar-refractivity contribution in [1.29, 1.82) is 0 Å². The molecule has 0 radical (unpaired) electrons. The van der Waals surface area contributed by atoms with E-state index in [9.17, 15) is 19.7 Å². The van der Waals surface area contributed by atoms with Crippen LogP contribution in [0.5, 0.6) is 0 Å². The second kappa shape index (κ2) is 6.00. The van der Waals surface area contributed by atoms with E-state index in [0.29, 0.717) is 19.4 Å². The number of amides is 2. The van der Waals surface area contributed by atoms with Gasteiger partial charge in [-0.2, -0.15) is 0 Å². The maximum atomic E-state index is 12.3. The zero-order valence-corrected chi connectivity index (χ0v) is 11.4. The van der Waals surface area contributed by atoms with Crippen LogP contribution in [-0.4, -0.2) is 33.6 Å². The first-order chi connectivity index (χ1) is 9.50. The number of non-ortho nitro benzene ring substituents is 1. The predicted octanol–water partition coefficient (Wildman–Crippen LogP) is 2.35. The van der Waals surface area contributed by atoms with Gasteiger partial charge >= 0.3 is 0 Å². The molecule has 0 spiro atoms. The maximum Gasteiger partial charge on any atom is 0.269 e. The number of nitrogens with zero attached hydrogens (tertiary/aromatic N) is 2. The van der Waals surface area contributed by atoms with Crippen LogP contribution >= 0.6 is 11.6 Å². The number of nitro benzene ring substituents is 1. The summed E-state index contributed by atoms with van der Waals surface area (Å²) in [7, 11) is 0. The predicted molar refractivity (Wildman–Crippen MR) is 72.6 cm³/mol. The third-order valence-electron chi connectivity index (χ3n) is 3.19. The van der Waals surface area contributed by atoms with Gasteiger partial charge < -0.3 is 0 Å². The van der Waals surface area contributed by atoms with Crippen molar-refractivity contribution in [3.63, 3.8) is 0 Å². The largest absolute Gasteiger partial charge is 0.277 e. The van der Waals surface area contributed by atoms with Gasteiger partial charge in [-0.15, -0.1) is 11.6 Å². The van der Waals surface area contributed by atoms with E-state index in [4.69, 9.17) is 11.6 Å². The van der Waals surface area contributed by atoms with Gasteiger partial charge in [0, 0.05) is 24.2 Å². The number of imide groups is 1. The van der Waals surface area contributed by atoms with Crippen LogP contribution in [0.25, 0.3) is 0 Å². The standard InChI is InChI=1S/C13H13ClN2O4/c14-11-3-1-2-8-15(13(11)18)12(17)9-4-6-10(7-5-9)16(19)20/h4-7,11H,1-3,8H2. The van der Waals surface area contributed by atoms with Crippen LogP contribution in [0.15, 0.2) is 24.3 Å².